The molecule has 2 aliphatic rings. The average molecular weight is 1300 g/mol. The van der Waals surface area contributed by atoms with E-state index in [-0.39, 0.29) is 34.4 Å². The van der Waals surface area contributed by atoms with Crippen LogP contribution in [0.25, 0.3) is 52.2 Å². The lowest BCUT2D eigenvalue weighted by molar-refractivity contribution is -0.147. The van der Waals surface area contributed by atoms with Crippen LogP contribution in [0.2, 0.25) is 0 Å². The molecule has 8 aromatic carbocycles. The van der Waals surface area contributed by atoms with E-state index in [0.717, 1.165) is 78.2 Å². The van der Waals surface area contributed by atoms with Crippen LogP contribution in [0.15, 0.2) is 170 Å². The van der Waals surface area contributed by atoms with Gasteiger partial charge in [0.05, 0.1) is 12.2 Å². The molecule has 2 heterocycles. The van der Waals surface area contributed by atoms with Crippen molar-refractivity contribution in [3.05, 3.63) is 214 Å². The highest BCUT2D eigenvalue weighted by atomic mass is 32.1. The lowest BCUT2D eigenvalue weighted by Crippen LogP contribution is -2.26. The van der Waals surface area contributed by atoms with Gasteiger partial charge in [0.1, 0.15) is 12.4 Å². The molecule has 12 rings (SSSR count). The van der Waals surface area contributed by atoms with Gasteiger partial charge in [-0.1, -0.05) is 192 Å². The van der Waals surface area contributed by atoms with Crippen LogP contribution in [0.3, 0.4) is 0 Å². The maximum absolute atomic E-state index is 13.4. The second-order valence-electron chi connectivity index (χ2n) is 29.4. The van der Waals surface area contributed by atoms with Gasteiger partial charge in [-0.15, -0.1) is 22.7 Å². The molecule has 0 radical (unpaired) electrons. The Balaban J connectivity index is 0.828. The number of carbonyl (C=O) groups is 2. The number of ketones is 1. The first-order chi connectivity index (χ1) is 45.7. The van der Waals surface area contributed by atoms with E-state index in [9.17, 15) is 9.59 Å². The number of rotatable bonds is 29. The molecule has 8 heteroatoms. The Morgan fingerprint density at radius 2 is 0.874 bits per heavy atom. The smallest absolute Gasteiger partial charge is 0.306 e. The van der Waals surface area contributed by atoms with Crippen molar-refractivity contribution in [3.8, 4) is 32.0 Å². The molecular formula is C87H98N2O4S2. The number of anilines is 6. The predicted octanol–water partition coefficient (Wildman–Crippen LogP) is 25.1. The molecule has 0 bridgehead atoms. The van der Waals surface area contributed by atoms with E-state index < -0.39 is 0 Å². The number of fused-ring (bicyclic) bond motifs is 8. The van der Waals surface area contributed by atoms with Gasteiger partial charge in [0.15, 0.2) is 0 Å². The second-order valence-corrected chi connectivity index (χ2v) is 31.5. The summed E-state index contributed by atoms with van der Waals surface area (Å²) in [5.41, 5.74) is 21.3. The van der Waals surface area contributed by atoms with Crippen molar-refractivity contribution in [2.45, 2.75) is 196 Å². The number of Topliss-reactive ketones (excluding diaryl/α,β-unsaturated/α-hetero) is 1. The number of ether oxygens (including phenoxy) is 2. The fourth-order valence-electron chi connectivity index (χ4n) is 15.1. The number of benzene rings is 8. The first-order valence-corrected chi connectivity index (χ1v) is 37.0. The molecule has 0 N–H and O–H groups in total. The molecule has 0 aliphatic heterocycles. The molecule has 95 heavy (non-hydrogen) atoms. The normalized spacial score (nSPS) is 13.6. The Morgan fingerprint density at radius 3 is 1.39 bits per heavy atom. The van der Waals surface area contributed by atoms with Gasteiger partial charge in [0.25, 0.3) is 0 Å². The molecule has 0 unspecified atom stereocenters. The summed E-state index contributed by atoms with van der Waals surface area (Å²) in [6.45, 7) is 27.7. The van der Waals surface area contributed by atoms with Crippen molar-refractivity contribution < 1.29 is 19.1 Å². The van der Waals surface area contributed by atoms with Crippen LogP contribution < -0.4 is 9.80 Å². The topological polar surface area (TPSA) is 59.1 Å². The first kappa shape index (κ1) is 67.4. The highest BCUT2D eigenvalue weighted by Crippen LogP contribution is 2.54. The van der Waals surface area contributed by atoms with Crippen molar-refractivity contribution in [1.82, 2.24) is 0 Å². The van der Waals surface area contributed by atoms with Crippen molar-refractivity contribution in [2.24, 2.45) is 5.41 Å². The monoisotopic (exact) mass is 1300 g/mol. The van der Waals surface area contributed by atoms with Gasteiger partial charge < -0.3 is 19.3 Å². The number of nitrogens with zero attached hydrogens (tertiary/aromatic N) is 2. The van der Waals surface area contributed by atoms with Crippen LogP contribution in [0.1, 0.15) is 197 Å². The molecule has 492 valence electrons. The number of aryl methyl sites for hydroxylation is 4. The minimum Gasteiger partial charge on any atom is -0.463 e. The molecule has 0 fully saturated rings. The fourth-order valence-corrected chi connectivity index (χ4v) is 17.7. The van der Waals surface area contributed by atoms with Crippen molar-refractivity contribution >= 4 is 88.7 Å². The molecule has 2 aliphatic carbocycles. The van der Waals surface area contributed by atoms with E-state index in [1.165, 1.54) is 130 Å². The van der Waals surface area contributed by atoms with E-state index in [1.807, 2.05) is 22.7 Å². The highest BCUT2D eigenvalue weighted by Gasteiger charge is 2.38. The number of thiophene rings is 2. The predicted molar refractivity (Wildman–Crippen MR) is 405 cm³/mol. The Bertz CT molecular complexity index is 4410. The molecule has 0 amide bonds. The molecule has 6 nitrogen and oxygen atoms in total. The lowest BCUT2D eigenvalue weighted by Gasteiger charge is -2.28. The zero-order chi connectivity index (χ0) is 66.8. The summed E-state index contributed by atoms with van der Waals surface area (Å²) >= 11 is 3.78. The highest BCUT2D eigenvalue weighted by molar-refractivity contribution is 7.28. The second kappa shape index (κ2) is 28.2. The average Bonchev–Trinajstić information content (AvgIpc) is 1.60. The Morgan fingerprint density at radius 1 is 0.442 bits per heavy atom. The minimum atomic E-state index is -0.269. The van der Waals surface area contributed by atoms with E-state index in [0.29, 0.717) is 31.7 Å². The first-order valence-electron chi connectivity index (χ1n) is 35.3. The number of unbranched alkanes of at least 4 members (excludes halogenated alkanes) is 6. The molecule has 0 saturated heterocycles. The summed E-state index contributed by atoms with van der Waals surface area (Å²) < 4.78 is 14.4. The van der Waals surface area contributed by atoms with Gasteiger partial charge in [0, 0.05) is 82.4 Å². The maximum atomic E-state index is 13.4. The van der Waals surface area contributed by atoms with E-state index in [2.05, 4.69) is 263 Å². The van der Waals surface area contributed by atoms with Crippen molar-refractivity contribution in [2.75, 3.05) is 23.0 Å². The van der Waals surface area contributed by atoms with Crippen LogP contribution >= 0.6 is 22.7 Å². The maximum Gasteiger partial charge on any atom is 0.306 e. The van der Waals surface area contributed by atoms with E-state index >= 15 is 0 Å². The number of esters is 1. The van der Waals surface area contributed by atoms with Gasteiger partial charge in [-0.05, 0) is 222 Å². The van der Waals surface area contributed by atoms with E-state index in [4.69, 9.17) is 9.47 Å². The van der Waals surface area contributed by atoms with Crippen LogP contribution in [-0.4, -0.2) is 30.6 Å². The lowest BCUT2D eigenvalue weighted by atomic mass is 9.80. The Hall–Kier alpha value is -7.62. The third-order valence-corrected chi connectivity index (χ3v) is 23.7. The van der Waals surface area contributed by atoms with Crippen LogP contribution in [0, 0.1) is 19.3 Å². The summed E-state index contributed by atoms with van der Waals surface area (Å²) in [6, 6.07) is 63.8. The third-order valence-electron chi connectivity index (χ3n) is 21.0. The van der Waals surface area contributed by atoms with Gasteiger partial charge in [-0.25, -0.2) is 0 Å². The van der Waals surface area contributed by atoms with Crippen molar-refractivity contribution in [3.63, 3.8) is 0 Å². The standard InChI is InChI=1S/C87H98N2O4S2/c1-13-15-17-18-24-51-85(7,8)93-53-52-92-81(91)49-36-61-34-39-63(40-35-61)89(67-42-46-71-69-28-20-22-30-75(69)87(11,12)77(71)57-67)65-44-48-79-73(55-65)59(4)83(95-79)82-58(3)72-54-64(43-47-78(72)94-82)88(66-41-45-70-68-27-19-21-29-74(68)86(9,10)76(70)56-66)62-37-32-60(33-38-62)26-25-31-80(90)84(5,6)50-23-16-14-2/h19-22,27-30,32-35,37-48,54-57H,13-18,23-26,31,36,49-53H2,1-12H3. The van der Waals surface area contributed by atoms with Gasteiger partial charge in [0.2, 0.25) is 0 Å². The zero-order valence-corrected chi connectivity index (χ0v) is 60.2. The van der Waals surface area contributed by atoms with Crippen LogP contribution in [0.4, 0.5) is 34.1 Å². The largest absolute Gasteiger partial charge is 0.463 e. The minimum absolute atomic E-state index is 0.151. The van der Waals surface area contributed by atoms with Gasteiger partial charge in [-0.2, -0.15) is 0 Å². The molecule has 10 aromatic rings. The summed E-state index contributed by atoms with van der Waals surface area (Å²) in [7, 11) is 0. The summed E-state index contributed by atoms with van der Waals surface area (Å²) in [5, 5.41) is 2.51. The number of carbonyl (C=O) groups excluding carboxylic acids is 2. The van der Waals surface area contributed by atoms with Crippen LogP contribution in [-0.2, 0) is 42.7 Å². The summed E-state index contributed by atoms with van der Waals surface area (Å²) in [4.78, 5) is 34.0. The van der Waals surface area contributed by atoms with E-state index in [1.54, 1.807) is 0 Å². The molecule has 0 atom stereocenters. The fraction of sp³-hybridized carbons (Fsp3) is 0.379. The molecule has 2 aromatic heterocycles. The van der Waals surface area contributed by atoms with Gasteiger partial charge in [-0.3, -0.25) is 9.59 Å². The number of hydrogen-bond donors (Lipinski definition) is 0. The Labute approximate surface area is 574 Å². The SMILES string of the molecule is CCCCCCCC(C)(C)OCCOC(=O)CCc1ccc(N(c2ccc3c(c2)C(C)(C)c2ccccc2-3)c2ccc3sc(-c4sc5ccc(N(c6ccc(CCCC(=O)C(C)(C)CCCCC)cc6)c6ccc7c(c6)C(C)(C)c6ccccc6-7)cc5c4C)c(C)c3c2)cc1. The molecule has 0 spiro atoms. The van der Waals surface area contributed by atoms with Crippen LogP contribution in [0.5, 0.6) is 0 Å². The Kier molecular flexibility index (Phi) is 20.0. The summed E-state index contributed by atoms with van der Waals surface area (Å²) in [6.07, 6.45) is 14.9. The number of hydrogen-bond acceptors (Lipinski definition) is 8. The van der Waals surface area contributed by atoms with Gasteiger partial charge >= 0.3 is 5.97 Å². The van der Waals surface area contributed by atoms with Crippen molar-refractivity contribution in [1.29, 1.82) is 0 Å². The summed E-state index contributed by atoms with van der Waals surface area (Å²) in [5.74, 6) is 0.184. The quantitative estimate of drug-likeness (QED) is 0.0344. The zero-order valence-electron chi connectivity index (χ0n) is 58.5. The molecular weight excluding hydrogens is 1200 g/mol. The molecule has 0 saturated carbocycles. The third kappa shape index (κ3) is 14.0.